The van der Waals surface area contributed by atoms with E-state index in [2.05, 4.69) is 0 Å². The minimum Gasteiger partial charge on any atom is -0.210 e. The second kappa shape index (κ2) is 3.16. The largest absolute Gasteiger partial charge is 0.389 e. The molecule has 0 bridgehead atoms. The van der Waals surface area contributed by atoms with E-state index in [0.29, 0.717) is 0 Å². The Hall–Kier alpha value is -0.350. The van der Waals surface area contributed by atoms with Crippen molar-refractivity contribution in [1.29, 1.82) is 0 Å². The van der Waals surface area contributed by atoms with Crippen molar-refractivity contribution < 1.29 is 22.0 Å². The zero-order chi connectivity index (χ0) is 8.36. The van der Waals surface area contributed by atoms with Gasteiger partial charge >= 0.3 is 6.18 Å². The topological polar surface area (TPSA) is 0 Å². The monoisotopic (exact) mass is 162 g/mol. The number of hydrogen-bond acceptors (Lipinski definition) is 0. The summed E-state index contributed by atoms with van der Waals surface area (Å²) in [5.74, 6) is -1.60. The minimum atomic E-state index is -4.48. The maximum atomic E-state index is 11.5. The Morgan fingerprint density at radius 1 is 1.20 bits per heavy atom. The summed E-state index contributed by atoms with van der Waals surface area (Å²) < 4.78 is 56.9. The fourth-order valence-electron chi connectivity index (χ4n) is 0.454. The van der Waals surface area contributed by atoms with Crippen LogP contribution in [0.15, 0.2) is 0 Å². The summed E-state index contributed by atoms with van der Waals surface area (Å²) in [6, 6.07) is 0. The summed E-state index contributed by atoms with van der Waals surface area (Å²) in [5, 5.41) is 0. The second-order valence-corrected chi connectivity index (χ2v) is 2.13. The molecule has 10 heavy (non-hydrogen) atoms. The first-order chi connectivity index (χ1) is 4.33. The molecule has 0 aromatic rings. The zero-order valence-corrected chi connectivity index (χ0v) is 5.25. The molecule has 0 aromatic heterocycles. The van der Waals surface area contributed by atoms with Crippen molar-refractivity contribution in [2.75, 3.05) is 0 Å². The second-order valence-electron chi connectivity index (χ2n) is 2.13. The van der Waals surface area contributed by atoms with Crippen LogP contribution in [0.4, 0.5) is 22.0 Å². The van der Waals surface area contributed by atoms with Crippen molar-refractivity contribution in [3.8, 4) is 0 Å². The third kappa shape index (κ3) is 4.52. The van der Waals surface area contributed by atoms with E-state index in [4.69, 9.17) is 0 Å². The van der Waals surface area contributed by atoms with E-state index in [1.165, 1.54) is 0 Å². The van der Waals surface area contributed by atoms with Crippen molar-refractivity contribution in [2.45, 2.75) is 25.9 Å². The summed E-state index contributed by atoms with van der Waals surface area (Å²) >= 11 is 0. The van der Waals surface area contributed by atoms with Crippen LogP contribution in [0.3, 0.4) is 0 Å². The Morgan fingerprint density at radius 3 is 1.70 bits per heavy atom. The van der Waals surface area contributed by atoms with E-state index in [1.807, 2.05) is 0 Å². The van der Waals surface area contributed by atoms with E-state index in [9.17, 15) is 22.0 Å². The molecule has 62 valence electrons. The molecule has 0 aliphatic carbocycles. The van der Waals surface area contributed by atoms with Crippen LogP contribution in [0, 0.1) is 5.92 Å². The molecule has 0 saturated carbocycles. The quantitative estimate of drug-likeness (QED) is 0.547. The van der Waals surface area contributed by atoms with Gasteiger partial charge in [0.2, 0.25) is 6.43 Å². The fourth-order valence-corrected chi connectivity index (χ4v) is 0.454. The molecule has 0 rings (SSSR count). The van der Waals surface area contributed by atoms with E-state index in [-0.39, 0.29) is 0 Å². The highest BCUT2D eigenvalue weighted by Gasteiger charge is 2.33. The molecule has 0 aliphatic rings. The van der Waals surface area contributed by atoms with Crippen molar-refractivity contribution >= 4 is 0 Å². The predicted molar refractivity (Wildman–Crippen MR) is 25.8 cm³/mol. The number of rotatable bonds is 2. The van der Waals surface area contributed by atoms with Gasteiger partial charge in [-0.25, -0.2) is 8.78 Å². The molecule has 0 spiro atoms. The molecule has 1 unspecified atom stereocenters. The average Bonchev–Trinajstić information content (AvgIpc) is 1.60. The lowest BCUT2D eigenvalue weighted by Gasteiger charge is -2.11. The van der Waals surface area contributed by atoms with E-state index in [0.717, 1.165) is 6.92 Å². The standard InChI is InChI=1S/C5H7F5/c1-3(4(6)7)2-5(8,9)10/h3-4H,2H2,1H3. The Kier molecular flexibility index (Phi) is 3.05. The Bertz CT molecular complexity index is 94.7. The summed E-state index contributed by atoms with van der Waals surface area (Å²) in [7, 11) is 0. The van der Waals surface area contributed by atoms with Gasteiger partial charge in [-0.15, -0.1) is 0 Å². The van der Waals surface area contributed by atoms with E-state index < -0.39 is 24.9 Å². The third-order valence-corrected chi connectivity index (χ3v) is 0.984. The summed E-state index contributed by atoms with van der Waals surface area (Å²) in [6.07, 6.45) is -8.78. The molecule has 0 heterocycles. The Labute approximate surface area is 55.0 Å². The molecule has 0 fully saturated rings. The van der Waals surface area contributed by atoms with Crippen molar-refractivity contribution in [1.82, 2.24) is 0 Å². The van der Waals surface area contributed by atoms with E-state index >= 15 is 0 Å². The van der Waals surface area contributed by atoms with Crippen LogP contribution in [0.5, 0.6) is 0 Å². The number of halogens is 5. The molecule has 0 saturated heterocycles. The van der Waals surface area contributed by atoms with Gasteiger partial charge in [0, 0.05) is 5.92 Å². The lowest BCUT2D eigenvalue weighted by atomic mass is 10.1. The molecule has 0 N–H and O–H groups in total. The number of hydrogen-bond donors (Lipinski definition) is 0. The minimum absolute atomic E-state index is 0.873. The molecular formula is C5H7F5. The van der Waals surface area contributed by atoms with Gasteiger partial charge < -0.3 is 0 Å². The van der Waals surface area contributed by atoms with Gasteiger partial charge in [0.25, 0.3) is 0 Å². The van der Waals surface area contributed by atoms with Crippen LogP contribution >= 0.6 is 0 Å². The van der Waals surface area contributed by atoms with Gasteiger partial charge in [-0.1, -0.05) is 6.92 Å². The summed E-state index contributed by atoms with van der Waals surface area (Å²) in [4.78, 5) is 0. The highest BCUT2D eigenvalue weighted by Crippen LogP contribution is 2.27. The van der Waals surface area contributed by atoms with Crippen LogP contribution in [0.1, 0.15) is 13.3 Å². The first-order valence-corrected chi connectivity index (χ1v) is 2.68. The van der Waals surface area contributed by atoms with Gasteiger partial charge in [0.15, 0.2) is 0 Å². The SMILES string of the molecule is CC(CC(F)(F)F)C(F)F. The van der Waals surface area contributed by atoms with E-state index in [1.54, 1.807) is 0 Å². The normalized spacial score (nSPS) is 15.9. The first kappa shape index (κ1) is 9.65. The average molecular weight is 162 g/mol. The maximum absolute atomic E-state index is 11.5. The van der Waals surface area contributed by atoms with Crippen LogP contribution in [-0.2, 0) is 0 Å². The Morgan fingerprint density at radius 2 is 1.60 bits per heavy atom. The Balaban J connectivity index is 3.68. The maximum Gasteiger partial charge on any atom is 0.389 e. The highest BCUT2D eigenvalue weighted by molar-refractivity contribution is 4.60. The molecule has 0 radical (unpaired) electrons. The van der Waals surface area contributed by atoms with Gasteiger partial charge in [-0.3, -0.25) is 0 Å². The zero-order valence-electron chi connectivity index (χ0n) is 5.25. The molecule has 5 heteroatoms. The molecule has 0 nitrogen and oxygen atoms in total. The first-order valence-electron chi connectivity index (χ1n) is 2.68. The van der Waals surface area contributed by atoms with Crippen LogP contribution in [-0.4, -0.2) is 12.6 Å². The van der Waals surface area contributed by atoms with Gasteiger partial charge in [-0.2, -0.15) is 13.2 Å². The molecular weight excluding hydrogens is 155 g/mol. The van der Waals surface area contributed by atoms with Gasteiger partial charge in [-0.05, 0) is 0 Å². The molecule has 0 aliphatic heterocycles. The summed E-state index contributed by atoms with van der Waals surface area (Å²) in [5.41, 5.74) is 0. The molecule has 0 aromatic carbocycles. The third-order valence-electron chi connectivity index (χ3n) is 0.984. The van der Waals surface area contributed by atoms with Gasteiger partial charge in [0.1, 0.15) is 0 Å². The smallest absolute Gasteiger partial charge is 0.210 e. The number of alkyl halides is 5. The van der Waals surface area contributed by atoms with Crippen LogP contribution < -0.4 is 0 Å². The fraction of sp³-hybridized carbons (Fsp3) is 1.00. The van der Waals surface area contributed by atoms with Crippen LogP contribution in [0.2, 0.25) is 0 Å². The molecule has 1 atom stereocenters. The lowest BCUT2D eigenvalue weighted by molar-refractivity contribution is -0.153. The van der Waals surface area contributed by atoms with Crippen molar-refractivity contribution in [3.63, 3.8) is 0 Å². The highest BCUT2D eigenvalue weighted by atomic mass is 19.4. The van der Waals surface area contributed by atoms with Gasteiger partial charge in [0.05, 0.1) is 6.42 Å². The van der Waals surface area contributed by atoms with Crippen LogP contribution in [0.25, 0.3) is 0 Å². The van der Waals surface area contributed by atoms with Crippen molar-refractivity contribution in [2.24, 2.45) is 5.92 Å². The van der Waals surface area contributed by atoms with Crippen molar-refractivity contribution in [3.05, 3.63) is 0 Å². The predicted octanol–water partition coefficient (Wildman–Crippen LogP) is 2.84. The summed E-state index contributed by atoms with van der Waals surface area (Å²) in [6.45, 7) is 0.873. The lowest BCUT2D eigenvalue weighted by Crippen LogP contribution is -2.18. The molecule has 0 amide bonds.